The first-order valence-electron chi connectivity index (χ1n) is 4.54. The highest BCUT2D eigenvalue weighted by Gasteiger charge is 2.29. The van der Waals surface area contributed by atoms with Crippen LogP contribution in [0, 0.1) is 0 Å². The number of benzene rings is 1. The lowest BCUT2D eigenvalue weighted by Gasteiger charge is -2.06. The van der Waals surface area contributed by atoms with Crippen molar-refractivity contribution < 1.29 is 14.7 Å². The third-order valence-corrected chi connectivity index (χ3v) is 2.21. The first-order valence-corrected chi connectivity index (χ1v) is 4.54. The Morgan fingerprint density at radius 3 is 2.73 bits per heavy atom. The van der Waals surface area contributed by atoms with Gasteiger partial charge in [-0.3, -0.25) is 10.1 Å². The van der Waals surface area contributed by atoms with Gasteiger partial charge in [0.2, 0.25) is 0 Å². The number of rotatable bonds is 2. The maximum absolute atomic E-state index is 11.2. The van der Waals surface area contributed by atoms with Gasteiger partial charge in [0.15, 0.2) is 0 Å². The maximum Gasteiger partial charge on any atom is 0.322 e. The predicted octanol–water partition coefficient (Wildman–Crippen LogP) is 0.143. The summed E-state index contributed by atoms with van der Waals surface area (Å²) in [6, 6.07) is 5.59. The fraction of sp³-hybridized carbons (Fsp3) is 0.200. The zero-order valence-corrected chi connectivity index (χ0v) is 7.86. The van der Waals surface area contributed by atoms with Gasteiger partial charge in [-0.25, -0.2) is 4.79 Å². The molecule has 0 bridgehead atoms. The molecule has 1 atom stereocenters. The zero-order chi connectivity index (χ0) is 10.8. The Labute approximate surface area is 86.1 Å². The van der Waals surface area contributed by atoms with Crippen molar-refractivity contribution in [3.8, 4) is 5.75 Å². The summed E-state index contributed by atoms with van der Waals surface area (Å²) in [5.41, 5.74) is 0.803. The third-order valence-electron chi connectivity index (χ3n) is 2.21. The van der Waals surface area contributed by atoms with Crippen LogP contribution in [-0.2, 0) is 11.2 Å². The lowest BCUT2D eigenvalue weighted by atomic mass is 10.1. The Morgan fingerprint density at radius 1 is 1.33 bits per heavy atom. The normalized spacial score (nSPS) is 19.9. The minimum Gasteiger partial charge on any atom is -0.508 e. The molecule has 1 aliphatic rings. The largest absolute Gasteiger partial charge is 0.508 e. The second-order valence-electron chi connectivity index (χ2n) is 3.39. The SMILES string of the molecule is O=C1NC(=O)[C@@H](Cc2cccc(O)c2)N1. The van der Waals surface area contributed by atoms with Crippen molar-refractivity contribution in [2.75, 3.05) is 0 Å². The van der Waals surface area contributed by atoms with Crippen LogP contribution in [0.5, 0.6) is 5.75 Å². The summed E-state index contributed by atoms with van der Waals surface area (Å²) in [7, 11) is 0. The molecule has 1 aromatic carbocycles. The molecule has 5 heteroatoms. The van der Waals surface area contributed by atoms with Gasteiger partial charge in [0, 0.05) is 6.42 Å². The molecule has 0 radical (unpaired) electrons. The van der Waals surface area contributed by atoms with E-state index in [0.29, 0.717) is 6.42 Å². The highest BCUT2D eigenvalue weighted by Crippen LogP contribution is 2.13. The zero-order valence-electron chi connectivity index (χ0n) is 7.86. The second kappa shape index (κ2) is 3.61. The van der Waals surface area contributed by atoms with Gasteiger partial charge in [-0.05, 0) is 17.7 Å². The molecule has 0 unspecified atom stereocenters. The third kappa shape index (κ3) is 2.07. The number of carbonyl (C=O) groups excluding carboxylic acids is 2. The van der Waals surface area contributed by atoms with E-state index in [0.717, 1.165) is 5.56 Å². The first-order chi connectivity index (χ1) is 7.15. The number of aromatic hydroxyl groups is 1. The van der Waals surface area contributed by atoms with Crippen LogP contribution in [0.3, 0.4) is 0 Å². The van der Waals surface area contributed by atoms with Gasteiger partial charge in [0.1, 0.15) is 11.8 Å². The van der Waals surface area contributed by atoms with E-state index >= 15 is 0 Å². The quantitative estimate of drug-likeness (QED) is 0.602. The summed E-state index contributed by atoms with van der Waals surface area (Å²) in [6.45, 7) is 0. The molecule has 0 spiro atoms. The number of carbonyl (C=O) groups is 2. The summed E-state index contributed by atoms with van der Waals surface area (Å²) in [4.78, 5) is 22.0. The van der Waals surface area contributed by atoms with Crippen molar-refractivity contribution in [1.82, 2.24) is 10.6 Å². The van der Waals surface area contributed by atoms with Crippen LogP contribution < -0.4 is 10.6 Å². The second-order valence-corrected chi connectivity index (χ2v) is 3.39. The number of hydrogen-bond donors (Lipinski definition) is 3. The number of nitrogens with one attached hydrogen (secondary N) is 2. The molecule has 78 valence electrons. The lowest BCUT2D eigenvalue weighted by Crippen LogP contribution is -2.30. The van der Waals surface area contributed by atoms with Gasteiger partial charge in [0.25, 0.3) is 5.91 Å². The number of amides is 3. The molecule has 2 rings (SSSR count). The summed E-state index contributed by atoms with van der Waals surface area (Å²) in [6.07, 6.45) is 0.381. The van der Waals surface area contributed by atoms with E-state index < -0.39 is 12.1 Å². The van der Waals surface area contributed by atoms with Crippen LogP contribution in [0.15, 0.2) is 24.3 Å². The standard InChI is InChI=1S/C10H10N2O3/c13-7-3-1-2-6(4-7)5-8-9(14)12-10(15)11-8/h1-4,8,13H,5H2,(H2,11,12,14,15)/t8-/m1/s1. The van der Waals surface area contributed by atoms with Crippen molar-refractivity contribution >= 4 is 11.9 Å². The van der Waals surface area contributed by atoms with Gasteiger partial charge in [-0.1, -0.05) is 12.1 Å². The van der Waals surface area contributed by atoms with E-state index in [9.17, 15) is 14.7 Å². The Hall–Kier alpha value is -2.04. The van der Waals surface area contributed by atoms with E-state index in [-0.39, 0.29) is 11.7 Å². The molecule has 3 amide bonds. The fourth-order valence-corrected chi connectivity index (χ4v) is 1.52. The van der Waals surface area contributed by atoms with E-state index in [1.807, 2.05) is 0 Å². The summed E-state index contributed by atoms with van der Waals surface area (Å²) in [5, 5.41) is 13.9. The maximum atomic E-state index is 11.2. The van der Waals surface area contributed by atoms with E-state index in [2.05, 4.69) is 10.6 Å². The summed E-state index contributed by atoms with van der Waals surface area (Å²) < 4.78 is 0. The topological polar surface area (TPSA) is 78.4 Å². The Morgan fingerprint density at radius 2 is 2.13 bits per heavy atom. The molecule has 1 aromatic rings. The number of phenols is 1. The van der Waals surface area contributed by atoms with Crippen molar-refractivity contribution in [3.05, 3.63) is 29.8 Å². The van der Waals surface area contributed by atoms with E-state index in [1.165, 1.54) is 0 Å². The van der Waals surface area contributed by atoms with Crippen LogP contribution in [-0.4, -0.2) is 23.1 Å². The Balaban J connectivity index is 2.09. The highest BCUT2D eigenvalue weighted by molar-refractivity contribution is 6.04. The molecule has 0 aromatic heterocycles. The molecular weight excluding hydrogens is 196 g/mol. The van der Waals surface area contributed by atoms with E-state index in [1.54, 1.807) is 24.3 Å². The van der Waals surface area contributed by atoms with Crippen molar-refractivity contribution in [3.63, 3.8) is 0 Å². The molecule has 1 saturated heterocycles. The van der Waals surface area contributed by atoms with Gasteiger partial charge in [-0.15, -0.1) is 0 Å². The Kier molecular flexibility index (Phi) is 2.29. The molecule has 15 heavy (non-hydrogen) atoms. The van der Waals surface area contributed by atoms with Crippen LogP contribution in [0.1, 0.15) is 5.56 Å². The summed E-state index contributed by atoms with van der Waals surface area (Å²) in [5.74, 6) is -0.180. The molecule has 1 heterocycles. The average Bonchev–Trinajstić information content (AvgIpc) is 2.45. The predicted molar refractivity (Wildman–Crippen MR) is 52.3 cm³/mol. The minimum atomic E-state index is -0.542. The summed E-state index contributed by atoms with van der Waals surface area (Å²) >= 11 is 0. The smallest absolute Gasteiger partial charge is 0.322 e. The average molecular weight is 206 g/mol. The minimum absolute atomic E-state index is 0.150. The van der Waals surface area contributed by atoms with Crippen molar-refractivity contribution in [2.45, 2.75) is 12.5 Å². The van der Waals surface area contributed by atoms with Crippen LogP contribution in [0.2, 0.25) is 0 Å². The van der Waals surface area contributed by atoms with Gasteiger partial charge < -0.3 is 10.4 Å². The molecular formula is C10H10N2O3. The van der Waals surface area contributed by atoms with Gasteiger partial charge in [0.05, 0.1) is 0 Å². The monoisotopic (exact) mass is 206 g/mol. The number of hydrogen-bond acceptors (Lipinski definition) is 3. The van der Waals surface area contributed by atoms with Crippen molar-refractivity contribution in [1.29, 1.82) is 0 Å². The molecule has 0 saturated carbocycles. The van der Waals surface area contributed by atoms with Crippen molar-refractivity contribution in [2.24, 2.45) is 0 Å². The molecule has 5 nitrogen and oxygen atoms in total. The molecule has 1 aliphatic heterocycles. The molecule has 3 N–H and O–H groups in total. The first kappa shape index (κ1) is 9.51. The van der Waals surface area contributed by atoms with Crippen LogP contribution in [0.25, 0.3) is 0 Å². The fourth-order valence-electron chi connectivity index (χ4n) is 1.52. The Bertz CT molecular complexity index is 417. The number of phenolic OH excluding ortho intramolecular Hbond substituents is 1. The number of imide groups is 1. The van der Waals surface area contributed by atoms with E-state index in [4.69, 9.17) is 0 Å². The molecule has 0 aliphatic carbocycles. The number of urea groups is 1. The van der Waals surface area contributed by atoms with Crippen LogP contribution in [0.4, 0.5) is 4.79 Å². The van der Waals surface area contributed by atoms with Gasteiger partial charge in [-0.2, -0.15) is 0 Å². The van der Waals surface area contributed by atoms with Crippen LogP contribution >= 0.6 is 0 Å². The lowest BCUT2D eigenvalue weighted by molar-refractivity contribution is -0.120. The molecule has 1 fully saturated rings. The van der Waals surface area contributed by atoms with Gasteiger partial charge >= 0.3 is 6.03 Å². The highest BCUT2D eigenvalue weighted by atomic mass is 16.3.